The van der Waals surface area contributed by atoms with Crippen molar-refractivity contribution < 1.29 is 18.0 Å². The number of halogens is 3. The molecule has 26 heavy (non-hydrogen) atoms. The minimum absolute atomic E-state index is 0.0447. The van der Waals surface area contributed by atoms with E-state index in [1.807, 2.05) is 24.3 Å². The van der Waals surface area contributed by atoms with E-state index in [2.05, 4.69) is 16.4 Å². The van der Waals surface area contributed by atoms with Crippen molar-refractivity contribution in [2.75, 3.05) is 5.32 Å². The average molecular weight is 356 g/mol. The number of amides is 1. The molecule has 3 nitrogen and oxygen atoms in total. The Kier molecular flexibility index (Phi) is 3.72. The van der Waals surface area contributed by atoms with Gasteiger partial charge in [-0.25, -0.2) is 4.98 Å². The highest BCUT2D eigenvalue weighted by atomic mass is 19.4. The fraction of sp³-hybridized carbons (Fsp3) is 0.200. The highest BCUT2D eigenvalue weighted by Gasteiger charge is 2.33. The van der Waals surface area contributed by atoms with E-state index in [9.17, 15) is 18.0 Å². The molecule has 0 atom stereocenters. The molecular weight excluding hydrogens is 341 g/mol. The number of hydrogen-bond acceptors (Lipinski definition) is 2. The molecule has 0 saturated heterocycles. The van der Waals surface area contributed by atoms with Gasteiger partial charge in [0.1, 0.15) is 5.69 Å². The molecule has 4 rings (SSSR count). The summed E-state index contributed by atoms with van der Waals surface area (Å²) in [4.78, 5) is 16.1. The van der Waals surface area contributed by atoms with Crippen LogP contribution in [0.4, 0.5) is 18.9 Å². The molecule has 0 spiro atoms. The summed E-state index contributed by atoms with van der Waals surface area (Å²) in [6, 6.07) is 11.8. The van der Waals surface area contributed by atoms with Crippen LogP contribution in [0.5, 0.6) is 0 Å². The van der Waals surface area contributed by atoms with Crippen molar-refractivity contribution in [1.29, 1.82) is 0 Å². The number of pyridine rings is 1. The molecule has 0 radical (unpaired) electrons. The first-order valence-electron chi connectivity index (χ1n) is 8.24. The lowest BCUT2D eigenvalue weighted by Gasteiger charge is -2.13. The Morgan fingerprint density at radius 1 is 1.04 bits per heavy atom. The summed E-state index contributed by atoms with van der Waals surface area (Å²) in [5.74, 6) is -0.470. The number of nitrogens with zero attached hydrogens (tertiary/aromatic N) is 1. The van der Waals surface area contributed by atoms with E-state index in [4.69, 9.17) is 0 Å². The molecule has 0 bridgehead atoms. The van der Waals surface area contributed by atoms with Gasteiger partial charge in [0.15, 0.2) is 0 Å². The number of aryl methyl sites for hydroxylation is 3. The third kappa shape index (κ3) is 2.71. The fourth-order valence-electron chi connectivity index (χ4n) is 3.50. The zero-order valence-electron chi connectivity index (χ0n) is 13.9. The molecule has 6 heteroatoms. The Labute approximate surface area is 147 Å². The minimum atomic E-state index is -4.53. The number of hydrogen-bond donors (Lipinski definition) is 1. The molecule has 1 aromatic heterocycles. The second-order valence-corrected chi connectivity index (χ2v) is 6.39. The van der Waals surface area contributed by atoms with E-state index in [1.165, 1.54) is 24.1 Å². The third-order valence-electron chi connectivity index (χ3n) is 4.75. The molecule has 3 aromatic rings. The number of alkyl halides is 3. The van der Waals surface area contributed by atoms with Gasteiger partial charge in [-0.3, -0.25) is 4.79 Å². The maximum atomic E-state index is 12.7. The molecule has 0 unspecified atom stereocenters. The Bertz CT molecular complexity index is 1030. The number of carbonyl (C=O) groups excluding carboxylic acids is 1. The van der Waals surface area contributed by atoms with Crippen molar-refractivity contribution in [2.45, 2.75) is 25.9 Å². The summed E-state index contributed by atoms with van der Waals surface area (Å²) >= 11 is 0. The van der Waals surface area contributed by atoms with Gasteiger partial charge in [0.2, 0.25) is 0 Å². The van der Waals surface area contributed by atoms with Crippen molar-refractivity contribution in [3.05, 3.63) is 70.5 Å². The summed E-state index contributed by atoms with van der Waals surface area (Å²) in [5.41, 5.74) is 2.32. The number of carbonyl (C=O) groups is 1. The fourth-order valence-corrected chi connectivity index (χ4v) is 3.50. The summed E-state index contributed by atoms with van der Waals surface area (Å²) < 4.78 is 38.2. The molecule has 1 aliphatic rings. The maximum Gasteiger partial charge on any atom is 0.433 e. The third-order valence-corrected chi connectivity index (χ3v) is 4.75. The maximum absolute atomic E-state index is 12.7. The molecule has 2 aromatic carbocycles. The Morgan fingerprint density at radius 2 is 1.77 bits per heavy atom. The summed E-state index contributed by atoms with van der Waals surface area (Å²) in [6.45, 7) is 1.40. The van der Waals surface area contributed by atoms with Crippen LogP contribution in [0.3, 0.4) is 0 Å². The quantitative estimate of drug-likeness (QED) is 0.709. The van der Waals surface area contributed by atoms with Gasteiger partial charge in [-0.1, -0.05) is 24.3 Å². The lowest BCUT2D eigenvalue weighted by molar-refractivity contribution is -0.141. The monoisotopic (exact) mass is 356 g/mol. The van der Waals surface area contributed by atoms with Gasteiger partial charge in [-0.15, -0.1) is 0 Å². The SMILES string of the molecule is Cc1nc(C(F)(F)F)ccc1C(=O)Nc1ccc2c3c(cccc13)CC2. The lowest BCUT2D eigenvalue weighted by atomic mass is 10.0. The van der Waals surface area contributed by atoms with E-state index in [0.717, 1.165) is 29.7 Å². The summed E-state index contributed by atoms with van der Waals surface area (Å²) in [7, 11) is 0. The molecular formula is C20H15F3N2O. The second kappa shape index (κ2) is 5.83. The van der Waals surface area contributed by atoms with Crippen LogP contribution in [-0.2, 0) is 19.0 Å². The van der Waals surface area contributed by atoms with Crippen LogP contribution in [-0.4, -0.2) is 10.9 Å². The molecule has 1 aliphatic carbocycles. The number of nitrogens with one attached hydrogen (secondary N) is 1. The number of benzene rings is 2. The van der Waals surface area contributed by atoms with Crippen molar-refractivity contribution in [3.63, 3.8) is 0 Å². The molecule has 1 amide bonds. The first-order valence-corrected chi connectivity index (χ1v) is 8.24. The number of rotatable bonds is 2. The normalized spacial score (nSPS) is 13.2. The largest absolute Gasteiger partial charge is 0.433 e. The number of anilines is 1. The standard InChI is InChI=1S/C20H15F3N2O/c1-11-14(8-10-17(24-11)20(21,22)23)19(26)25-16-9-7-13-6-5-12-3-2-4-15(16)18(12)13/h2-4,7-10H,5-6H2,1H3,(H,25,26). The highest BCUT2D eigenvalue weighted by molar-refractivity contribution is 6.10. The van der Waals surface area contributed by atoms with Crippen molar-refractivity contribution in [3.8, 4) is 0 Å². The van der Waals surface area contributed by atoms with Crippen LogP contribution < -0.4 is 5.32 Å². The lowest BCUT2D eigenvalue weighted by Crippen LogP contribution is -2.16. The van der Waals surface area contributed by atoms with Gasteiger partial charge in [0.25, 0.3) is 5.91 Å². The zero-order valence-corrected chi connectivity index (χ0v) is 13.9. The van der Waals surface area contributed by atoms with Crippen molar-refractivity contribution in [2.24, 2.45) is 0 Å². The van der Waals surface area contributed by atoms with E-state index in [0.29, 0.717) is 5.69 Å². The van der Waals surface area contributed by atoms with E-state index in [1.54, 1.807) is 0 Å². The molecule has 1 N–H and O–H groups in total. The number of aromatic nitrogens is 1. The molecule has 0 saturated carbocycles. The minimum Gasteiger partial charge on any atom is -0.321 e. The van der Waals surface area contributed by atoms with E-state index >= 15 is 0 Å². The zero-order chi connectivity index (χ0) is 18.5. The van der Waals surface area contributed by atoms with Gasteiger partial charge in [0.05, 0.1) is 11.3 Å². The second-order valence-electron chi connectivity index (χ2n) is 6.39. The molecule has 0 aliphatic heterocycles. The first-order chi connectivity index (χ1) is 12.3. The van der Waals surface area contributed by atoms with Gasteiger partial charge >= 0.3 is 6.18 Å². The van der Waals surface area contributed by atoms with E-state index in [-0.39, 0.29) is 11.3 Å². The van der Waals surface area contributed by atoms with Gasteiger partial charge in [-0.2, -0.15) is 13.2 Å². The van der Waals surface area contributed by atoms with Crippen molar-refractivity contribution >= 4 is 22.4 Å². The Morgan fingerprint density at radius 3 is 2.46 bits per heavy atom. The molecule has 0 fully saturated rings. The predicted octanol–water partition coefficient (Wildman–Crippen LogP) is 4.91. The first kappa shape index (κ1) is 16.6. The average Bonchev–Trinajstić information content (AvgIpc) is 3.01. The highest BCUT2D eigenvalue weighted by Crippen LogP contribution is 2.35. The van der Waals surface area contributed by atoms with E-state index < -0.39 is 17.8 Å². The predicted molar refractivity (Wildman–Crippen MR) is 93.3 cm³/mol. The summed E-state index contributed by atoms with van der Waals surface area (Å²) in [6.07, 6.45) is -2.57. The van der Waals surface area contributed by atoms with Gasteiger partial charge in [-0.05, 0) is 54.5 Å². The van der Waals surface area contributed by atoms with Gasteiger partial charge < -0.3 is 5.32 Å². The van der Waals surface area contributed by atoms with Crippen LogP contribution >= 0.6 is 0 Å². The van der Waals surface area contributed by atoms with Crippen LogP contribution in [0.15, 0.2) is 42.5 Å². The molecule has 1 heterocycles. The van der Waals surface area contributed by atoms with Gasteiger partial charge in [0, 0.05) is 11.1 Å². The topological polar surface area (TPSA) is 42.0 Å². The van der Waals surface area contributed by atoms with Crippen LogP contribution in [0.1, 0.15) is 32.9 Å². The Hall–Kier alpha value is -2.89. The van der Waals surface area contributed by atoms with Crippen LogP contribution in [0, 0.1) is 6.92 Å². The summed E-state index contributed by atoms with van der Waals surface area (Å²) in [5, 5.41) is 4.93. The Balaban J connectivity index is 1.69. The van der Waals surface area contributed by atoms with Crippen LogP contribution in [0.25, 0.3) is 10.8 Å². The smallest absolute Gasteiger partial charge is 0.321 e. The van der Waals surface area contributed by atoms with Crippen molar-refractivity contribution in [1.82, 2.24) is 4.98 Å². The van der Waals surface area contributed by atoms with Crippen LogP contribution in [0.2, 0.25) is 0 Å². The molecule has 132 valence electrons.